The molecule has 2 unspecified atom stereocenters. The summed E-state index contributed by atoms with van der Waals surface area (Å²) in [5.74, 6) is 1.97. The maximum Gasteiger partial charge on any atom is 0.123 e. The van der Waals surface area contributed by atoms with Gasteiger partial charge in [-0.05, 0) is 40.9 Å². The highest BCUT2D eigenvalue weighted by Crippen LogP contribution is 2.54. The van der Waals surface area contributed by atoms with Gasteiger partial charge in [0.25, 0.3) is 0 Å². The number of hydrogen-bond acceptors (Lipinski definition) is 1. The largest absolute Gasteiger partial charge is 0.493 e. The number of allylic oxidation sites excluding steroid dienone is 1. The van der Waals surface area contributed by atoms with Crippen molar-refractivity contribution in [3.05, 3.63) is 41.5 Å². The number of fused-ring (bicyclic) bond motifs is 1. The molecule has 2 rings (SSSR count). The van der Waals surface area contributed by atoms with Crippen LogP contribution in [0.25, 0.3) is 12.2 Å². The molecule has 0 N–H and O–H groups in total. The van der Waals surface area contributed by atoms with E-state index in [1.165, 1.54) is 16.7 Å². The molecule has 2 atom stereocenters. The van der Waals surface area contributed by atoms with Crippen molar-refractivity contribution in [3.8, 4) is 5.75 Å². The molecule has 1 aromatic carbocycles. The molecule has 0 bridgehead atoms. The molecular formula is C22H32O. The van der Waals surface area contributed by atoms with Crippen molar-refractivity contribution < 1.29 is 4.74 Å². The Labute approximate surface area is 142 Å². The summed E-state index contributed by atoms with van der Waals surface area (Å²) in [6.07, 6.45) is 6.25. The van der Waals surface area contributed by atoms with Gasteiger partial charge in [0.2, 0.25) is 0 Å². The minimum Gasteiger partial charge on any atom is -0.493 e. The van der Waals surface area contributed by atoms with E-state index in [1.807, 2.05) is 6.08 Å². The van der Waals surface area contributed by atoms with Crippen molar-refractivity contribution in [1.82, 2.24) is 0 Å². The molecule has 0 amide bonds. The summed E-state index contributed by atoms with van der Waals surface area (Å²) in [6.45, 7) is 21.0. The third-order valence-electron chi connectivity index (χ3n) is 5.01. The van der Waals surface area contributed by atoms with Gasteiger partial charge in [0, 0.05) is 11.5 Å². The Morgan fingerprint density at radius 1 is 1.09 bits per heavy atom. The molecule has 0 aliphatic carbocycles. The van der Waals surface area contributed by atoms with E-state index in [1.54, 1.807) is 0 Å². The lowest BCUT2D eigenvalue weighted by Gasteiger charge is -2.47. The summed E-state index contributed by atoms with van der Waals surface area (Å²) >= 11 is 0. The summed E-state index contributed by atoms with van der Waals surface area (Å²) in [6, 6.07) is 4.28. The molecule has 0 radical (unpaired) electrons. The normalized spacial score (nSPS) is 21.9. The molecule has 0 saturated carbocycles. The van der Waals surface area contributed by atoms with Gasteiger partial charge in [0.1, 0.15) is 5.75 Å². The average molecular weight is 312 g/mol. The molecule has 126 valence electrons. The summed E-state index contributed by atoms with van der Waals surface area (Å²) in [5, 5.41) is 0. The lowest BCUT2D eigenvalue weighted by molar-refractivity contribution is 0.0539. The lowest BCUT2D eigenvalue weighted by atomic mass is 9.60. The minimum absolute atomic E-state index is 0.169. The molecule has 1 aliphatic rings. The predicted octanol–water partition coefficient (Wildman–Crippen LogP) is 6.55. The fraction of sp³-hybridized carbons (Fsp3) is 0.545. The van der Waals surface area contributed by atoms with Crippen molar-refractivity contribution in [2.24, 2.45) is 16.7 Å². The molecule has 0 saturated heterocycles. The highest BCUT2D eigenvalue weighted by atomic mass is 16.5. The molecule has 0 aromatic heterocycles. The van der Waals surface area contributed by atoms with Crippen LogP contribution in [-0.2, 0) is 0 Å². The van der Waals surface area contributed by atoms with Gasteiger partial charge in [0.15, 0.2) is 0 Å². The number of hydrogen-bond donors (Lipinski definition) is 0. The first-order valence-corrected chi connectivity index (χ1v) is 8.66. The van der Waals surface area contributed by atoms with Gasteiger partial charge in [0.05, 0.1) is 6.61 Å². The number of benzene rings is 1. The number of rotatable bonds is 2. The fourth-order valence-electron chi connectivity index (χ4n) is 3.90. The Bertz CT molecular complexity index is 608. The summed E-state index contributed by atoms with van der Waals surface area (Å²) in [5.41, 5.74) is 4.17. The van der Waals surface area contributed by atoms with Crippen LogP contribution in [0.3, 0.4) is 0 Å². The van der Waals surface area contributed by atoms with E-state index in [0.29, 0.717) is 11.8 Å². The topological polar surface area (TPSA) is 9.23 Å². The Balaban J connectivity index is 2.75. The number of ether oxygens (including phenoxy) is 1. The van der Waals surface area contributed by atoms with E-state index >= 15 is 0 Å². The van der Waals surface area contributed by atoms with Gasteiger partial charge in [-0.1, -0.05) is 72.4 Å². The van der Waals surface area contributed by atoms with Crippen LogP contribution in [0, 0.1) is 16.7 Å². The van der Waals surface area contributed by atoms with Crippen molar-refractivity contribution in [1.29, 1.82) is 0 Å². The fourth-order valence-corrected chi connectivity index (χ4v) is 3.90. The van der Waals surface area contributed by atoms with Crippen LogP contribution in [0.2, 0.25) is 0 Å². The quantitative estimate of drug-likeness (QED) is 0.602. The van der Waals surface area contributed by atoms with Crippen LogP contribution in [0.4, 0.5) is 0 Å². The maximum absolute atomic E-state index is 6.19. The van der Waals surface area contributed by atoms with E-state index in [0.717, 1.165) is 12.4 Å². The zero-order chi connectivity index (χ0) is 17.4. The Morgan fingerprint density at radius 2 is 1.74 bits per heavy atom. The highest BCUT2D eigenvalue weighted by Gasteiger charge is 2.44. The molecule has 0 spiro atoms. The lowest BCUT2D eigenvalue weighted by Crippen LogP contribution is -2.41. The van der Waals surface area contributed by atoms with Crippen molar-refractivity contribution in [2.75, 3.05) is 6.61 Å². The van der Waals surface area contributed by atoms with E-state index < -0.39 is 0 Å². The van der Waals surface area contributed by atoms with Crippen LogP contribution >= 0.6 is 0 Å². The monoisotopic (exact) mass is 312 g/mol. The second-order valence-electron chi connectivity index (χ2n) is 8.81. The average Bonchev–Trinajstić information content (AvgIpc) is 2.44. The second kappa shape index (κ2) is 6.19. The summed E-state index contributed by atoms with van der Waals surface area (Å²) < 4.78 is 6.19. The smallest absolute Gasteiger partial charge is 0.123 e. The predicted molar refractivity (Wildman–Crippen MR) is 102 cm³/mol. The molecule has 23 heavy (non-hydrogen) atoms. The zero-order valence-corrected chi connectivity index (χ0v) is 15.9. The molecule has 1 aromatic rings. The van der Waals surface area contributed by atoms with E-state index in [-0.39, 0.29) is 10.8 Å². The third kappa shape index (κ3) is 3.39. The second-order valence-corrected chi connectivity index (χ2v) is 8.81. The van der Waals surface area contributed by atoms with Gasteiger partial charge < -0.3 is 4.74 Å². The van der Waals surface area contributed by atoms with Crippen LogP contribution in [-0.4, -0.2) is 6.61 Å². The van der Waals surface area contributed by atoms with E-state index in [4.69, 9.17) is 4.74 Å². The van der Waals surface area contributed by atoms with Gasteiger partial charge in [-0.25, -0.2) is 0 Å². The first-order chi connectivity index (χ1) is 10.6. The third-order valence-corrected chi connectivity index (χ3v) is 5.01. The Morgan fingerprint density at radius 3 is 2.22 bits per heavy atom. The summed E-state index contributed by atoms with van der Waals surface area (Å²) in [7, 11) is 0. The first-order valence-electron chi connectivity index (χ1n) is 8.66. The molecule has 1 heteroatoms. The summed E-state index contributed by atoms with van der Waals surface area (Å²) in [4.78, 5) is 0. The zero-order valence-electron chi connectivity index (χ0n) is 15.9. The Kier molecular flexibility index (Phi) is 4.80. The molecule has 1 heterocycles. The van der Waals surface area contributed by atoms with Crippen LogP contribution in [0.5, 0.6) is 5.75 Å². The maximum atomic E-state index is 6.19. The minimum atomic E-state index is 0.169. The molecule has 1 nitrogen and oxygen atoms in total. The van der Waals surface area contributed by atoms with Gasteiger partial charge >= 0.3 is 0 Å². The Hall–Kier alpha value is -1.50. The van der Waals surface area contributed by atoms with Crippen LogP contribution < -0.4 is 4.74 Å². The van der Waals surface area contributed by atoms with Gasteiger partial charge in [-0.2, -0.15) is 0 Å². The van der Waals surface area contributed by atoms with E-state index in [9.17, 15) is 0 Å². The molecule has 0 fully saturated rings. The van der Waals surface area contributed by atoms with Crippen molar-refractivity contribution in [3.63, 3.8) is 0 Å². The standard InChI is InChI=1S/C22H32O/c1-9-11-15-12-13-18-19(16(15)10-2)20(22(6,7)8)17(14-23-18)21(3,4)5/h9-13,17,20H,2,14H2,1,3-8H3/b11-9-. The molecule has 1 aliphatic heterocycles. The van der Waals surface area contributed by atoms with Gasteiger partial charge in [-0.15, -0.1) is 0 Å². The van der Waals surface area contributed by atoms with Crippen molar-refractivity contribution >= 4 is 12.2 Å². The SMILES string of the molecule is C=Cc1c(/C=C\C)ccc2c1C(C(C)(C)C)C(C(C)(C)C)CO2. The van der Waals surface area contributed by atoms with Crippen molar-refractivity contribution in [2.45, 2.75) is 54.4 Å². The highest BCUT2D eigenvalue weighted by molar-refractivity contribution is 5.71. The first kappa shape index (κ1) is 17.8. The van der Waals surface area contributed by atoms with Crippen LogP contribution in [0.15, 0.2) is 24.8 Å². The van der Waals surface area contributed by atoms with Crippen LogP contribution in [0.1, 0.15) is 71.1 Å². The van der Waals surface area contributed by atoms with E-state index in [2.05, 4.69) is 79.3 Å². The molecular weight excluding hydrogens is 280 g/mol. The van der Waals surface area contributed by atoms with Gasteiger partial charge in [-0.3, -0.25) is 0 Å².